The van der Waals surface area contributed by atoms with E-state index in [1.165, 1.54) is 19.3 Å². The number of benzene rings is 1. The second kappa shape index (κ2) is 8.93. The Hall–Kier alpha value is -2.89. The molecule has 0 saturated heterocycles. The predicted octanol–water partition coefficient (Wildman–Crippen LogP) is 5.55. The van der Waals surface area contributed by atoms with Gasteiger partial charge in [-0.15, -0.1) is 0 Å². The molecule has 0 bridgehead atoms. The van der Waals surface area contributed by atoms with E-state index < -0.39 is 0 Å². The number of nitrogens with zero attached hydrogens (tertiary/aromatic N) is 1. The lowest BCUT2D eigenvalue weighted by molar-refractivity contribution is -0.119. The molecule has 1 unspecified atom stereocenters. The molecule has 3 aliphatic rings. The van der Waals surface area contributed by atoms with Crippen molar-refractivity contribution in [1.82, 2.24) is 4.98 Å². The lowest BCUT2D eigenvalue weighted by atomic mass is 10.0. The number of amides is 1. The molecule has 6 nitrogen and oxygen atoms in total. The van der Waals surface area contributed by atoms with Crippen LogP contribution in [0.4, 0.5) is 5.82 Å². The number of ketones is 1. The van der Waals surface area contributed by atoms with Crippen LogP contribution in [0.2, 0.25) is 0 Å². The number of carbonyl (C=O) groups is 2. The summed E-state index contributed by atoms with van der Waals surface area (Å²) < 4.78 is 12.3. The molecule has 1 amide bonds. The van der Waals surface area contributed by atoms with E-state index in [1.54, 1.807) is 6.20 Å². The fourth-order valence-electron chi connectivity index (χ4n) is 5.03. The zero-order chi connectivity index (χ0) is 22.1. The fourth-order valence-corrected chi connectivity index (χ4v) is 5.03. The topological polar surface area (TPSA) is 77.5 Å². The number of hydrogen-bond acceptors (Lipinski definition) is 5. The van der Waals surface area contributed by atoms with Crippen LogP contribution in [-0.4, -0.2) is 22.8 Å². The van der Waals surface area contributed by atoms with E-state index >= 15 is 0 Å². The Kier molecular flexibility index (Phi) is 5.85. The van der Waals surface area contributed by atoms with Crippen LogP contribution in [0.5, 0.6) is 17.2 Å². The monoisotopic (exact) mass is 434 g/mol. The highest BCUT2D eigenvalue weighted by Gasteiger charge is 2.58. The molecule has 1 saturated carbocycles. The van der Waals surface area contributed by atoms with E-state index in [1.807, 2.05) is 24.3 Å². The highest BCUT2D eigenvalue weighted by Crippen LogP contribution is 2.60. The summed E-state index contributed by atoms with van der Waals surface area (Å²) in [5.41, 5.74) is 2.07. The largest absolute Gasteiger partial charge is 0.489 e. The molecule has 1 aromatic carbocycles. The van der Waals surface area contributed by atoms with Gasteiger partial charge in [0, 0.05) is 48.4 Å². The van der Waals surface area contributed by atoms with Crippen LogP contribution in [0, 0.1) is 5.92 Å². The highest BCUT2D eigenvalue weighted by atomic mass is 16.5. The first-order valence-corrected chi connectivity index (χ1v) is 11.9. The Balaban J connectivity index is 1.21. The first kappa shape index (κ1) is 21.0. The standard InChI is InChI=1S/C26H30N2O4/c1-2-3-4-5-6-7-16(29)14-20-24-19-15-17(8-10-21(19)32-25(20)24)31-22-12-13-27-26-18(22)9-11-23(30)28-26/h8,10,12-13,15,20,24-25H,2-7,9,11,14H2,1H3,(H,27,28,30)/t20-,24?,25+/m0/s1. The van der Waals surface area contributed by atoms with Crippen molar-refractivity contribution in [2.75, 3.05) is 5.32 Å². The number of hydrogen-bond donors (Lipinski definition) is 1. The molecule has 1 fully saturated rings. The number of ether oxygens (including phenoxy) is 2. The minimum Gasteiger partial charge on any atom is -0.489 e. The molecule has 0 radical (unpaired) electrons. The Bertz CT molecular complexity index is 1030. The summed E-state index contributed by atoms with van der Waals surface area (Å²) in [4.78, 5) is 28.3. The van der Waals surface area contributed by atoms with E-state index in [0.717, 1.165) is 41.2 Å². The average Bonchev–Trinajstić information content (AvgIpc) is 3.30. The van der Waals surface area contributed by atoms with Gasteiger partial charge < -0.3 is 14.8 Å². The van der Waals surface area contributed by atoms with Crippen molar-refractivity contribution in [3.63, 3.8) is 0 Å². The quantitative estimate of drug-likeness (QED) is 0.496. The first-order chi connectivity index (χ1) is 15.6. The summed E-state index contributed by atoms with van der Waals surface area (Å²) in [6.45, 7) is 2.20. The van der Waals surface area contributed by atoms with E-state index in [0.29, 0.717) is 49.1 Å². The number of Topliss-reactive ketones (excluding diaryl/α,β-unsaturated/α-hetero) is 1. The van der Waals surface area contributed by atoms with E-state index in [2.05, 4.69) is 17.2 Å². The molecule has 1 aliphatic carbocycles. The first-order valence-electron chi connectivity index (χ1n) is 11.9. The number of fused-ring (bicyclic) bond motifs is 4. The minimum atomic E-state index is -0.0156. The molecule has 2 aromatic rings. The Morgan fingerprint density at radius 2 is 2.06 bits per heavy atom. The van der Waals surface area contributed by atoms with Gasteiger partial charge in [0.1, 0.15) is 35.0 Å². The van der Waals surface area contributed by atoms with Crippen molar-refractivity contribution in [2.24, 2.45) is 5.92 Å². The van der Waals surface area contributed by atoms with Crippen LogP contribution in [-0.2, 0) is 16.0 Å². The van der Waals surface area contributed by atoms with Gasteiger partial charge in [-0.3, -0.25) is 9.59 Å². The van der Waals surface area contributed by atoms with Crippen molar-refractivity contribution in [1.29, 1.82) is 0 Å². The molecule has 2 aliphatic heterocycles. The third kappa shape index (κ3) is 4.23. The number of anilines is 1. The van der Waals surface area contributed by atoms with Crippen molar-refractivity contribution in [3.05, 3.63) is 41.6 Å². The van der Waals surface area contributed by atoms with Crippen LogP contribution >= 0.6 is 0 Å². The molecule has 0 spiro atoms. The average molecular weight is 435 g/mol. The third-order valence-electron chi connectivity index (χ3n) is 6.82. The maximum absolute atomic E-state index is 12.4. The van der Waals surface area contributed by atoms with Crippen LogP contribution in [0.3, 0.4) is 0 Å². The molecule has 1 aromatic heterocycles. The zero-order valence-corrected chi connectivity index (χ0v) is 18.6. The van der Waals surface area contributed by atoms with Gasteiger partial charge in [0.05, 0.1) is 0 Å². The summed E-state index contributed by atoms with van der Waals surface area (Å²) in [7, 11) is 0. The molecule has 3 atom stereocenters. The summed E-state index contributed by atoms with van der Waals surface area (Å²) >= 11 is 0. The van der Waals surface area contributed by atoms with Gasteiger partial charge in [-0.05, 0) is 37.1 Å². The van der Waals surface area contributed by atoms with Gasteiger partial charge in [-0.2, -0.15) is 0 Å². The SMILES string of the molecule is CCCCCCCC(=O)C[C@H]1C2c3cc(Oc4ccnc5c4CCC(=O)N5)ccc3O[C@@H]21. The second-order valence-electron chi connectivity index (χ2n) is 9.17. The smallest absolute Gasteiger partial charge is 0.225 e. The number of nitrogens with one attached hydrogen (secondary N) is 1. The molecule has 6 heteroatoms. The van der Waals surface area contributed by atoms with Gasteiger partial charge in [0.15, 0.2) is 0 Å². The summed E-state index contributed by atoms with van der Waals surface area (Å²) in [6, 6.07) is 7.75. The van der Waals surface area contributed by atoms with Crippen molar-refractivity contribution in [3.8, 4) is 17.2 Å². The maximum Gasteiger partial charge on any atom is 0.225 e. The normalized spacial score (nSPS) is 22.3. The number of aromatic nitrogens is 1. The van der Waals surface area contributed by atoms with Gasteiger partial charge in [-0.1, -0.05) is 32.6 Å². The number of rotatable bonds is 10. The van der Waals surface area contributed by atoms with Crippen molar-refractivity contribution < 1.29 is 19.1 Å². The highest BCUT2D eigenvalue weighted by molar-refractivity contribution is 5.93. The van der Waals surface area contributed by atoms with Crippen molar-refractivity contribution >= 4 is 17.5 Å². The predicted molar refractivity (Wildman–Crippen MR) is 121 cm³/mol. The summed E-state index contributed by atoms with van der Waals surface area (Å²) in [5.74, 6) is 3.88. The molecule has 32 heavy (non-hydrogen) atoms. The van der Waals surface area contributed by atoms with Gasteiger partial charge in [0.2, 0.25) is 5.91 Å². The second-order valence-corrected chi connectivity index (χ2v) is 9.17. The minimum absolute atomic E-state index is 0.0156. The molecular weight excluding hydrogens is 404 g/mol. The van der Waals surface area contributed by atoms with E-state index in [4.69, 9.17) is 9.47 Å². The van der Waals surface area contributed by atoms with Crippen LogP contribution < -0.4 is 14.8 Å². The molecule has 1 N–H and O–H groups in total. The van der Waals surface area contributed by atoms with Gasteiger partial charge in [0.25, 0.3) is 0 Å². The Labute approximate surface area is 188 Å². The molecule has 3 heterocycles. The zero-order valence-electron chi connectivity index (χ0n) is 18.6. The van der Waals surface area contributed by atoms with Crippen LogP contribution in [0.15, 0.2) is 30.5 Å². The maximum atomic E-state index is 12.4. The van der Waals surface area contributed by atoms with E-state index in [-0.39, 0.29) is 12.0 Å². The van der Waals surface area contributed by atoms with E-state index in [9.17, 15) is 9.59 Å². The lowest BCUT2D eigenvalue weighted by Crippen LogP contribution is -2.20. The lowest BCUT2D eigenvalue weighted by Gasteiger charge is -2.19. The van der Waals surface area contributed by atoms with Crippen molar-refractivity contribution in [2.45, 2.75) is 76.7 Å². The molecular formula is C26H30N2O4. The van der Waals surface area contributed by atoms with Crippen LogP contribution in [0.25, 0.3) is 0 Å². The molecule has 168 valence electrons. The van der Waals surface area contributed by atoms with Gasteiger partial charge in [-0.25, -0.2) is 4.98 Å². The third-order valence-corrected chi connectivity index (χ3v) is 6.82. The Morgan fingerprint density at radius 3 is 2.94 bits per heavy atom. The molecule has 5 rings (SSSR count). The summed E-state index contributed by atoms with van der Waals surface area (Å²) in [5, 5.41) is 2.81. The van der Waals surface area contributed by atoms with Crippen LogP contribution in [0.1, 0.15) is 75.3 Å². The number of unbranched alkanes of at least 4 members (excludes halogenated alkanes) is 4. The summed E-state index contributed by atoms with van der Waals surface area (Å²) in [6.07, 6.45) is 10.0. The van der Waals surface area contributed by atoms with Gasteiger partial charge >= 0.3 is 0 Å². The fraction of sp³-hybridized carbons (Fsp3) is 0.500. The number of carbonyl (C=O) groups excluding carboxylic acids is 2. The number of pyridine rings is 1. The Morgan fingerprint density at radius 1 is 1.19 bits per heavy atom.